The molecule has 5 rings (SSSR count). The molecular weight excluding hydrogens is 525 g/mol. The Hall–Kier alpha value is -4.25. The summed E-state index contributed by atoms with van der Waals surface area (Å²) >= 11 is 0. The second kappa shape index (κ2) is 12.1. The van der Waals surface area contributed by atoms with Gasteiger partial charge in [0.15, 0.2) is 6.23 Å². The van der Waals surface area contributed by atoms with Crippen LogP contribution in [-0.4, -0.2) is 76.8 Å². The highest BCUT2D eigenvalue weighted by Gasteiger charge is 2.29. The van der Waals surface area contributed by atoms with Crippen LogP contribution in [0.5, 0.6) is 0 Å². The Morgan fingerprint density at radius 2 is 1.78 bits per heavy atom. The van der Waals surface area contributed by atoms with Gasteiger partial charge >= 0.3 is 5.97 Å². The first-order valence-corrected chi connectivity index (χ1v) is 13.8. The molecule has 11 heteroatoms. The van der Waals surface area contributed by atoms with Crippen molar-refractivity contribution in [3.8, 4) is 0 Å². The summed E-state index contributed by atoms with van der Waals surface area (Å²) in [4.78, 5) is 40.6. The molecule has 0 radical (unpaired) electrons. The lowest BCUT2D eigenvalue weighted by Crippen LogP contribution is -2.46. The molecule has 2 aromatic carbocycles. The van der Waals surface area contributed by atoms with Crippen LogP contribution in [0.2, 0.25) is 0 Å². The van der Waals surface area contributed by atoms with Crippen LogP contribution >= 0.6 is 0 Å². The fraction of sp³-hybridized carbons (Fsp3) is 0.400. The number of halogens is 1. The highest BCUT2D eigenvalue weighted by Crippen LogP contribution is 2.29. The van der Waals surface area contributed by atoms with Crippen LogP contribution in [0.1, 0.15) is 31.6 Å². The number of aromatic nitrogens is 4. The summed E-state index contributed by atoms with van der Waals surface area (Å²) in [6, 6.07) is 16.1. The average Bonchev–Trinajstić information content (AvgIpc) is 3.31. The van der Waals surface area contributed by atoms with E-state index in [1.807, 2.05) is 30.1 Å². The van der Waals surface area contributed by atoms with Crippen molar-refractivity contribution in [2.24, 2.45) is 0 Å². The molecule has 41 heavy (non-hydrogen) atoms. The van der Waals surface area contributed by atoms with Gasteiger partial charge in [0.25, 0.3) is 5.56 Å². The van der Waals surface area contributed by atoms with Gasteiger partial charge in [-0.15, -0.1) is 0 Å². The number of rotatable bonds is 9. The van der Waals surface area contributed by atoms with Crippen LogP contribution in [0.4, 0.5) is 16.3 Å². The van der Waals surface area contributed by atoms with Gasteiger partial charge in [0.2, 0.25) is 11.9 Å². The van der Waals surface area contributed by atoms with E-state index in [-0.39, 0.29) is 24.0 Å². The normalized spacial score (nSPS) is 14.9. The molecule has 2 aromatic heterocycles. The number of ether oxygens (including phenoxy) is 1. The number of para-hydroxylation sites is 2. The molecule has 10 nitrogen and oxygen atoms in total. The molecule has 1 atom stereocenters. The highest BCUT2D eigenvalue weighted by atomic mass is 19.1. The third-order valence-corrected chi connectivity index (χ3v) is 7.47. The van der Waals surface area contributed by atoms with E-state index in [1.54, 1.807) is 38.1 Å². The molecule has 1 aliphatic rings. The molecule has 0 spiro atoms. The number of likely N-dealkylation sites (N-methyl/N-ethyl adjacent to an activating group) is 1. The fourth-order valence-electron chi connectivity index (χ4n) is 5.40. The fourth-order valence-corrected chi connectivity index (χ4v) is 5.40. The number of hydrogen-bond donors (Lipinski definition) is 0. The number of esters is 1. The predicted octanol–water partition coefficient (Wildman–Crippen LogP) is 3.51. The van der Waals surface area contributed by atoms with Gasteiger partial charge in [-0.3, -0.25) is 14.5 Å². The first-order chi connectivity index (χ1) is 19.7. The largest absolute Gasteiger partial charge is 0.440 e. The van der Waals surface area contributed by atoms with Crippen LogP contribution in [-0.2, 0) is 16.1 Å². The molecule has 0 N–H and O–H groups in total. The Morgan fingerprint density at radius 3 is 2.49 bits per heavy atom. The maximum Gasteiger partial charge on any atom is 0.322 e. The van der Waals surface area contributed by atoms with Gasteiger partial charge in [-0.1, -0.05) is 24.3 Å². The van der Waals surface area contributed by atoms with E-state index >= 15 is 0 Å². The molecule has 1 aliphatic heterocycles. The first kappa shape index (κ1) is 28.3. The second-order valence-corrected chi connectivity index (χ2v) is 10.7. The third kappa shape index (κ3) is 6.25. The van der Waals surface area contributed by atoms with Crippen molar-refractivity contribution in [3.05, 3.63) is 82.5 Å². The van der Waals surface area contributed by atoms with Gasteiger partial charge in [0, 0.05) is 38.4 Å². The minimum Gasteiger partial charge on any atom is -0.440 e. The molecule has 0 amide bonds. The summed E-state index contributed by atoms with van der Waals surface area (Å²) in [6.45, 7) is 3.90. The minimum absolute atomic E-state index is 0.117. The minimum atomic E-state index is -0.799. The zero-order valence-electron chi connectivity index (χ0n) is 23.9. The van der Waals surface area contributed by atoms with Crippen molar-refractivity contribution < 1.29 is 13.9 Å². The number of benzene rings is 2. The van der Waals surface area contributed by atoms with Gasteiger partial charge in [0.05, 0.1) is 24.1 Å². The zero-order valence-corrected chi connectivity index (χ0v) is 23.9. The Kier molecular flexibility index (Phi) is 8.34. The third-order valence-electron chi connectivity index (χ3n) is 7.47. The van der Waals surface area contributed by atoms with E-state index in [0.717, 1.165) is 48.5 Å². The molecule has 0 saturated carbocycles. The van der Waals surface area contributed by atoms with Crippen LogP contribution in [0, 0.1) is 5.82 Å². The van der Waals surface area contributed by atoms with Crippen LogP contribution in [0.15, 0.2) is 65.6 Å². The van der Waals surface area contributed by atoms with E-state index in [1.165, 1.54) is 29.0 Å². The number of nitrogens with zero attached hydrogens (tertiary/aromatic N) is 7. The summed E-state index contributed by atoms with van der Waals surface area (Å²) < 4.78 is 22.7. The summed E-state index contributed by atoms with van der Waals surface area (Å²) in [5.41, 5.74) is 2.67. The monoisotopic (exact) mass is 561 g/mol. The Bertz CT molecular complexity index is 1560. The molecular formula is C30H36FN7O3. The topological polar surface area (TPSA) is 88.7 Å². The van der Waals surface area contributed by atoms with Crippen molar-refractivity contribution in [2.75, 3.05) is 50.6 Å². The smallest absolute Gasteiger partial charge is 0.322 e. The quantitative estimate of drug-likeness (QED) is 0.287. The van der Waals surface area contributed by atoms with Crippen molar-refractivity contribution in [2.45, 2.75) is 38.6 Å². The molecule has 216 valence electrons. The number of piperidine rings is 1. The van der Waals surface area contributed by atoms with Gasteiger partial charge in [-0.2, -0.15) is 0 Å². The van der Waals surface area contributed by atoms with E-state index in [0.29, 0.717) is 12.5 Å². The van der Waals surface area contributed by atoms with Crippen molar-refractivity contribution >= 4 is 28.9 Å². The number of carbonyl (C=O) groups is 1. The molecule has 0 aliphatic carbocycles. The Labute approximate surface area is 238 Å². The van der Waals surface area contributed by atoms with Gasteiger partial charge < -0.3 is 19.1 Å². The van der Waals surface area contributed by atoms with Crippen molar-refractivity contribution in [1.82, 2.24) is 24.0 Å². The summed E-state index contributed by atoms with van der Waals surface area (Å²) in [5, 5.41) is 0. The lowest BCUT2D eigenvalue weighted by molar-refractivity contribution is -0.153. The lowest BCUT2D eigenvalue weighted by atomic mass is 10.0. The highest BCUT2D eigenvalue weighted by molar-refractivity contribution is 5.79. The SMILES string of the molecule is CC(OC(=O)CN(C)C)n1c(N(C)C2CCN(c3nc4ccccc4n3Cc3ccc(F)cc3)CC2)nccc1=O. The van der Waals surface area contributed by atoms with Crippen molar-refractivity contribution in [1.29, 1.82) is 0 Å². The van der Waals surface area contributed by atoms with E-state index in [2.05, 4.69) is 20.5 Å². The number of anilines is 2. The van der Waals surface area contributed by atoms with Gasteiger partial charge in [-0.05, 0) is 63.7 Å². The maximum atomic E-state index is 13.5. The number of fused-ring (bicyclic) bond motifs is 1. The van der Waals surface area contributed by atoms with Gasteiger partial charge in [0.1, 0.15) is 5.82 Å². The van der Waals surface area contributed by atoms with Crippen LogP contribution < -0.4 is 15.4 Å². The predicted molar refractivity (Wildman–Crippen MR) is 157 cm³/mol. The standard InChI is InChI=1S/C30H36FN7O3/c1-21(41-28(40)20-34(2)3)38-27(39)13-16-32-29(38)35(4)24-14-17-36(18-15-24)30-33-25-7-5-6-8-26(25)37(30)19-22-9-11-23(31)12-10-22/h5-13,16,21,24H,14-15,17-20H2,1-4H3. The van der Waals surface area contributed by atoms with E-state index in [9.17, 15) is 14.0 Å². The maximum absolute atomic E-state index is 13.5. The molecule has 1 unspecified atom stereocenters. The molecule has 1 saturated heterocycles. The first-order valence-electron chi connectivity index (χ1n) is 13.8. The Morgan fingerprint density at radius 1 is 1.07 bits per heavy atom. The summed E-state index contributed by atoms with van der Waals surface area (Å²) in [6.07, 6.45) is 2.32. The molecule has 4 aromatic rings. The number of hydrogen-bond acceptors (Lipinski definition) is 8. The van der Waals surface area contributed by atoms with Crippen molar-refractivity contribution in [3.63, 3.8) is 0 Å². The summed E-state index contributed by atoms with van der Waals surface area (Å²) in [7, 11) is 5.49. The summed E-state index contributed by atoms with van der Waals surface area (Å²) in [5.74, 6) is 0.677. The molecule has 1 fully saturated rings. The van der Waals surface area contributed by atoms with E-state index in [4.69, 9.17) is 9.72 Å². The van der Waals surface area contributed by atoms with Crippen LogP contribution in [0.3, 0.4) is 0 Å². The Balaban J connectivity index is 1.34. The lowest BCUT2D eigenvalue weighted by Gasteiger charge is -2.38. The number of carbonyl (C=O) groups excluding carboxylic acids is 1. The second-order valence-electron chi connectivity index (χ2n) is 10.7. The average molecular weight is 562 g/mol. The van der Waals surface area contributed by atoms with Gasteiger partial charge in [-0.25, -0.2) is 18.9 Å². The molecule has 0 bridgehead atoms. The number of imidazole rings is 1. The van der Waals surface area contributed by atoms with Crippen LogP contribution in [0.25, 0.3) is 11.0 Å². The zero-order chi connectivity index (χ0) is 29.1. The molecule has 3 heterocycles. The van der Waals surface area contributed by atoms with E-state index < -0.39 is 12.2 Å².